The third kappa shape index (κ3) is 0.784. The molecule has 2 heterocycles. The van der Waals surface area contributed by atoms with Crippen LogP contribution in [0.2, 0.25) is 0 Å². The van der Waals surface area contributed by atoms with Crippen molar-refractivity contribution in [2.45, 2.75) is 6.92 Å². The van der Waals surface area contributed by atoms with Crippen LogP contribution in [0.1, 0.15) is 5.69 Å². The summed E-state index contributed by atoms with van der Waals surface area (Å²) < 4.78 is 3.20. The van der Waals surface area contributed by atoms with Gasteiger partial charge in [-0.25, -0.2) is 4.98 Å². The molecule has 0 spiro atoms. The largest absolute Gasteiger partial charge is 0.293 e. The SMILES string of the molecule is Cc1csc2c(I)ncn12. The van der Waals surface area contributed by atoms with Crippen LogP contribution in [0.5, 0.6) is 0 Å². The number of fused-ring (bicyclic) bond motifs is 1. The molecule has 2 nitrogen and oxygen atoms in total. The predicted octanol–water partition coefficient (Wildman–Crippen LogP) is 2.31. The molecule has 0 saturated heterocycles. The number of imidazole rings is 1. The summed E-state index contributed by atoms with van der Waals surface area (Å²) in [7, 11) is 0. The number of halogens is 1. The van der Waals surface area contributed by atoms with Gasteiger partial charge in [0, 0.05) is 11.1 Å². The summed E-state index contributed by atoms with van der Waals surface area (Å²) in [5.41, 5.74) is 1.26. The van der Waals surface area contributed by atoms with Gasteiger partial charge >= 0.3 is 0 Å². The maximum Gasteiger partial charge on any atom is 0.137 e. The van der Waals surface area contributed by atoms with Gasteiger partial charge < -0.3 is 0 Å². The number of aryl methyl sites for hydroxylation is 1. The van der Waals surface area contributed by atoms with E-state index in [-0.39, 0.29) is 0 Å². The maximum atomic E-state index is 4.18. The number of nitrogens with zero attached hydrogens (tertiary/aromatic N) is 2. The summed E-state index contributed by atoms with van der Waals surface area (Å²) in [6.45, 7) is 2.08. The molecule has 0 saturated carbocycles. The van der Waals surface area contributed by atoms with Crippen LogP contribution in [0, 0.1) is 10.6 Å². The van der Waals surface area contributed by atoms with Crippen LogP contribution in [-0.2, 0) is 0 Å². The lowest BCUT2D eigenvalue weighted by molar-refractivity contribution is 1.10. The molecule has 0 atom stereocenters. The average Bonchev–Trinajstić information content (AvgIpc) is 2.41. The summed E-state index contributed by atoms with van der Waals surface area (Å²) in [5, 5.41) is 2.14. The van der Waals surface area contributed by atoms with Gasteiger partial charge in [-0.3, -0.25) is 4.40 Å². The smallest absolute Gasteiger partial charge is 0.137 e. The second kappa shape index (κ2) is 2.20. The first-order chi connectivity index (χ1) is 4.79. The van der Waals surface area contributed by atoms with Crippen LogP contribution in [0.25, 0.3) is 4.83 Å². The molecule has 0 radical (unpaired) electrons. The molecule has 2 aromatic heterocycles. The molecule has 0 unspecified atom stereocenters. The zero-order valence-corrected chi connectivity index (χ0v) is 8.31. The monoisotopic (exact) mass is 264 g/mol. The fourth-order valence-electron chi connectivity index (χ4n) is 0.870. The van der Waals surface area contributed by atoms with E-state index >= 15 is 0 Å². The van der Waals surface area contributed by atoms with Crippen LogP contribution in [0.3, 0.4) is 0 Å². The lowest BCUT2D eigenvalue weighted by atomic mass is 10.6. The Balaban J connectivity index is 2.95. The summed E-state index contributed by atoms with van der Waals surface area (Å²) in [5.74, 6) is 0. The Kier molecular flexibility index (Phi) is 1.45. The van der Waals surface area contributed by atoms with E-state index in [1.807, 2.05) is 6.33 Å². The van der Waals surface area contributed by atoms with Gasteiger partial charge in [0.1, 0.15) is 14.9 Å². The highest BCUT2D eigenvalue weighted by Crippen LogP contribution is 2.20. The minimum Gasteiger partial charge on any atom is -0.293 e. The minimum atomic E-state index is 1.09. The molecule has 0 bridgehead atoms. The number of aromatic nitrogens is 2. The minimum absolute atomic E-state index is 1.09. The number of thiazole rings is 1. The van der Waals surface area contributed by atoms with E-state index in [0.717, 1.165) is 3.70 Å². The topological polar surface area (TPSA) is 17.3 Å². The van der Waals surface area contributed by atoms with Crippen LogP contribution < -0.4 is 0 Å². The fourth-order valence-corrected chi connectivity index (χ4v) is 2.49. The maximum absolute atomic E-state index is 4.18. The van der Waals surface area contributed by atoms with Crippen LogP contribution >= 0.6 is 33.9 Å². The van der Waals surface area contributed by atoms with Crippen molar-refractivity contribution in [2.75, 3.05) is 0 Å². The summed E-state index contributed by atoms with van der Waals surface area (Å²) in [6, 6.07) is 0. The Morgan fingerprint density at radius 3 is 3.20 bits per heavy atom. The molecule has 2 rings (SSSR count). The van der Waals surface area contributed by atoms with Crippen LogP contribution in [-0.4, -0.2) is 9.38 Å². The van der Waals surface area contributed by atoms with Crippen molar-refractivity contribution in [3.8, 4) is 0 Å². The molecule has 0 aliphatic heterocycles. The zero-order valence-electron chi connectivity index (χ0n) is 5.34. The standard InChI is InChI=1S/C6H5IN2S/c1-4-2-10-6-5(7)8-3-9(4)6/h2-3H,1H3. The van der Waals surface area contributed by atoms with Gasteiger partial charge in [-0.15, -0.1) is 11.3 Å². The number of hydrogen-bond acceptors (Lipinski definition) is 2. The van der Waals surface area contributed by atoms with Gasteiger partial charge in [0.25, 0.3) is 0 Å². The Labute approximate surface area is 76.0 Å². The van der Waals surface area contributed by atoms with Crippen molar-refractivity contribution in [1.29, 1.82) is 0 Å². The van der Waals surface area contributed by atoms with E-state index in [4.69, 9.17) is 0 Å². The highest BCUT2D eigenvalue weighted by Gasteiger charge is 2.02. The van der Waals surface area contributed by atoms with Gasteiger partial charge in [0.2, 0.25) is 0 Å². The van der Waals surface area contributed by atoms with Crippen molar-refractivity contribution >= 4 is 38.8 Å². The van der Waals surface area contributed by atoms with E-state index in [9.17, 15) is 0 Å². The zero-order chi connectivity index (χ0) is 7.14. The molecule has 4 heteroatoms. The van der Waals surface area contributed by atoms with Gasteiger partial charge in [-0.05, 0) is 29.5 Å². The molecule has 2 aromatic rings. The number of rotatable bonds is 0. The summed E-state index contributed by atoms with van der Waals surface area (Å²) >= 11 is 3.99. The average molecular weight is 264 g/mol. The molecule has 0 aromatic carbocycles. The Morgan fingerprint density at radius 1 is 1.70 bits per heavy atom. The second-order valence-electron chi connectivity index (χ2n) is 2.09. The molecular formula is C6H5IN2S. The lowest BCUT2D eigenvalue weighted by Gasteiger charge is -1.82. The third-order valence-corrected chi connectivity index (χ3v) is 3.63. The van der Waals surface area contributed by atoms with Crippen LogP contribution in [0.15, 0.2) is 11.7 Å². The molecule has 0 amide bonds. The lowest BCUT2D eigenvalue weighted by Crippen LogP contribution is -1.77. The first-order valence-electron chi connectivity index (χ1n) is 2.85. The highest BCUT2D eigenvalue weighted by atomic mass is 127. The second-order valence-corrected chi connectivity index (χ2v) is 3.97. The Morgan fingerprint density at radius 2 is 2.50 bits per heavy atom. The van der Waals surface area contributed by atoms with E-state index in [1.165, 1.54) is 10.5 Å². The normalized spacial score (nSPS) is 11.0. The van der Waals surface area contributed by atoms with Crippen molar-refractivity contribution in [1.82, 2.24) is 9.38 Å². The van der Waals surface area contributed by atoms with E-state index in [2.05, 4.69) is 44.3 Å². The third-order valence-electron chi connectivity index (χ3n) is 1.40. The first-order valence-corrected chi connectivity index (χ1v) is 4.81. The molecule has 52 valence electrons. The predicted molar refractivity (Wildman–Crippen MR) is 50.5 cm³/mol. The van der Waals surface area contributed by atoms with Gasteiger partial charge in [-0.1, -0.05) is 0 Å². The summed E-state index contributed by atoms with van der Waals surface area (Å²) in [4.78, 5) is 5.42. The fraction of sp³-hybridized carbons (Fsp3) is 0.167. The van der Waals surface area contributed by atoms with Gasteiger partial charge in [0.05, 0.1) is 0 Å². The van der Waals surface area contributed by atoms with Gasteiger partial charge in [0.15, 0.2) is 0 Å². The van der Waals surface area contributed by atoms with E-state index < -0.39 is 0 Å². The highest BCUT2D eigenvalue weighted by molar-refractivity contribution is 14.1. The van der Waals surface area contributed by atoms with Crippen molar-refractivity contribution in [3.63, 3.8) is 0 Å². The van der Waals surface area contributed by atoms with Crippen molar-refractivity contribution in [3.05, 3.63) is 21.1 Å². The number of hydrogen-bond donors (Lipinski definition) is 0. The Bertz CT molecular complexity index is 327. The Hall–Kier alpha value is -0.100. The van der Waals surface area contributed by atoms with E-state index in [1.54, 1.807) is 11.3 Å². The van der Waals surface area contributed by atoms with Crippen LogP contribution in [0.4, 0.5) is 0 Å². The molecule has 0 aliphatic carbocycles. The quantitative estimate of drug-likeness (QED) is 0.667. The molecule has 10 heavy (non-hydrogen) atoms. The summed E-state index contributed by atoms with van der Waals surface area (Å²) in [6.07, 6.45) is 1.86. The molecule has 0 N–H and O–H groups in total. The molecule has 0 fully saturated rings. The van der Waals surface area contributed by atoms with E-state index in [0.29, 0.717) is 0 Å². The molecule has 0 aliphatic rings. The molecular weight excluding hydrogens is 259 g/mol. The van der Waals surface area contributed by atoms with Gasteiger partial charge in [-0.2, -0.15) is 0 Å². The van der Waals surface area contributed by atoms with Crippen molar-refractivity contribution < 1.29 is 0 Å². The van der Waals surface area contributed by atoms with Crippen molar-refractivity contribution in [2.24, 2.45) is 0 Å². The first kappa shape index (κ1) is 6.60.